The molecule has 2 rings (SSSR count). The van der Waals surface area contributed by atoms with Gasteiger partial charge in [0.2, 0.25) is 5.91 Å². The van der Waals surface area contributed by atoms with Crippen LogP contribution in [0.2, 0.25) is 0 Å². The molecule has 6 atom stereocenters. The summed E-state index contributed by atoms with van der Waals surface area (Å²) in [5.74, 6) is -0.569. The van der Waals surface area contributed by atoms with Crippen LogP contribution in [-0.4, -0.2) is 76.2 Å². The predicted molar refractivity (Wildman–Crippen MR) is 123 cm³/mol. The van der Waals surface area contributed by atoms with Crippen LogP contribution in [0, 0.1) is 17.8 Å². The van der Waals surface area contributed by atoms with Gasteiger partial charge in [-0.15, -0.1) is 0 Å². The molecule has 2 fully saturated rings. The van der Waals surface area contributed by atoms with Gasteiger partial charge in [0.25, 0.3) is 0 Å². The van der Waals surface area contributed by atoms with E-state index in [1.54, 1.807) is 0 Å². The number of primary amides is 1. The molecule has 1 amide bonds. The van der Waals surface area contributed by atoms with Crippen molar-refractivity contribution >= 4 is 5.91 Å². The molecule has 0 aromatic rings. The number of hydrogen-bond donors (Lipinski definition) is 5. The van der Waals surface area contributed by atoms with Crippen molar-refractivity contribution in [2.24, 2.45) is 23.5 Å². The van der Waals surface area contributed by atoms with E-state index in [0.717, 1.165) is 58.2 Å². The van der Waals surface area contributed by atoms with E-state index in [1.165, 1.54) is 0 Å². The van der Waals surface area contributed by atoms with E-state index in [1.807, 2.05) is 13.8 Å². The van der Waals surface area contributed by atoms with Crippen LogP contribution in [0.15, 0.2) is 0 Å². The lowest BCUT2D eigenvalue weighted by atomic mass is 9.72. The first-order valence-corrected chi connectivity index (χ1v) is 12.5. The van der Waals surface area contributed by atoms with Gasteiger partial charge >= 0.3 is 0 Å². The monoisotopic (exact) mass is 441 g/mol. The number of hydrogen-bond acceptors (Lipinski definition) is 6. The summed E-state index contributed by atoms with van der Waals surface area (Å²) in [7, 11) is 0. The molecule has 0 radical (unpaired) electrons. The standard InChI is InChI=1S/C24H47N3O4/c1-4-5-13-27-14-6-8-19(27)21(23(25)31)24(10-7-12-26-24)11-9-20(29)22(30)18(16-28)15-17(2)3/h17-22,26,28-30H,4-16H2,1-3H3,(H2,25,31)/t18-,19?,20+,21?,22-,24-/m1/s1. The number of aliphatic hydroxyl groups is 3. The van der Waals surface area contributed by atoms with Gasteiger partial charge in [-0.3, -0.25) is 9.69 Å². The van der Waals surface area contributed by atoms with Crippen LogP contribution in [0.5, 0.6) is 0 Å². The third kappa shape index (κ3) is 6.87. The summed E-state index contributed by atoms with van der Waals surface area (Å²) in [6.45, 7) is 8.98. The third-order valence-electron chi connectivity index (χ3n) is 7.55. The van der Waals surface area contributed by atoms with Crippen LogP contribution < -0.4 is 11.1 Å². The average molecular weight is 442 g/mol. The average Bonchev–Trinajstić information content (AvgIpc) is 3.38. The summed E-state index contributed by atoms with van der Waals surface area (Å²) >= 11 is 0. The van der Waals surface area contributed by atoms with Crippen molar-refractivity contribution in [3.8, 4) is 0 Å². The predicted octanol–water partition coefficient (Wildman–Crippen LogP) is 1.63. The highest BCUT2D eigenvalue weighted by Gasteiger charge is 2.50. The second kappa shape index (κ2) is 12.5. The molecule has 31 heavy (non-hydrogen) atoms. The van der Waals surface area contributed by atoms with Crippen LogP contribution in [0.1, 0.15) is 78.6 Å². The quantitative estimate of drug-likeness (QED) is 0.280. The number of nitrogens with one attached hydrogen (secondary N) is 1. The molecule has 2 saturated heterocycles. The highest BCUT2D eigenvalue weighted by atomic mass is 16.3. The molecule has 0 aromatic carbocycles. The number of amides is 1. The minimum atomic E-state index is -0.967. The zero-order chi connectivity index (χ0) is 23.0. The maximum absolute atomic E-state index is 12.8. The van der Waals surface area contributed by atoms with Crippen LogP contribution in [-0.2, 0) is 4.79 Å². The second-order valence-electron chi connectivity index (χ2n) is 10.3. The van der Waals surface area contributed by atoms with Crippen LogP contribution >= 0.6 is 0 Å². The Labute approximate surface area is 188 Å². The second-order valence-corrected chi connectivity index (χ2v) is 10.3. The Hall–Kier alpha value is -0.730. The summed E-state index contributed by atoms with van der Waals surface area (Å²) in [5, 5.41) is 34.7. The van der Waals surface area contributed by atoms with Crippen LogP contribution in [0.4, 0.5) is 0 Å². The number of nitrogens with zero attached hydrogens (tertiary/aromatic N) is 1. The molecule has 2 aliphatic rings. The maximum atomic E-state index is 12.8. The van der Waals surface area contributed by atoms with E-state index in [4.69, 9.17) is 5.73 Å². The summed E-state index contributed by atoms with van der Waals surface area (Å²) in [4.78, 5) is 15.2. The number of unbranched alkanes of at least 4 members (excludes halogenated alkanes) is 1. The number of nitrogens with two attached hydrogens (primary N) is 1. The number of aliphatic hydroxyl groups excluding tert-OH is 3. The fourth-order valence-electron chi connectivity index (χ4n) is 5.98. The highest BCUT2D eigenvalue weighted by Crippen LogP contribution is 2.40. The zero-order valence-corrected chi connectivity index (χ0v) is 19.9. The molecular formula is C24H47N3O4. The third-order valence-corrected chi connectivity index (χ3v) is 7.55. The lowest BCUT2D eigenvalue weighted by Crippen LogP contribution is -2.59. The lowest BCUT2D eigenvalue weighted by Gasteiger charge is -2.43. The highest BCUT2D eigenvalue weighted by molar-refractivity contribution is 5.79. The summed E-state index contributed by atoms with van der Waals surface area (Å²) < 4.78 is 0. The van der Waals surface area contributed by atoms with E-state index in [-0.39, 0.29) is 30.4 Å². The normalized spacial score (nSPS) is 28.7. The van der Waals surface area contributed by atoms with E-state index in [2.05, 4.69) is 17.1 Å². The summed E-state index contributed by atoms with van der Waals surface area (Å²) in [6, 6.07) is 0.142. The van der Waals surface area contributed by atoms with E-state index >= 15 is 0 Å². The Morgan fingerprint density at radius 3 is 2.58 bits per heavy atom. The number of carbonyl (C=O) groups excluding carboxylic acids is 1. The molecule has 0 bridgehead atoms. The van der Waals surface area contributed by atoms with Crippen molar-refractivity contribution in [1.82, 2.24) is 10.2 Å². The fourth-order valence-corrected chi connectivity index (χ4v) is 5.98. The molecule has 7 heteroatoms. The van der Waals surface area contributed by atoms with Crippen molar-refractivity contribution in [2.75, 3.05) is 26.2 Å². The molecule has 2 heterocycles. The van der Waals surface area contributed by atoms with Gasteiger partial charge in [0.15, 0.2) is 0 Å². The zero-order valence-electron chi connectivity index (χ0n) is 19.9. The van der Waals surface area contributed by atoms with E-state index < -0.39 is 17.7 Å². The SMILES string of the molecule is CCCCN1CCCC1C(C(N)=O)[C@]1(CC[C@H](O)[C@H](O)[C@@H](CO)CC(C)C)CCCN1. The first-order valence-electron chi connectivity index (χ1n) is 12.5. The fraction of sp³-hybridized carbons (Fsp3) is 0.958. The van der Waals surface area contributed by atoms with E-state index in [9.17, 15) is 20.1 Å². The maximum Gasteiger partial charge on any atom is 0.223 e. The Kier molecular flexibility index (Phi) is 10.7. The molecule has 2 aliphatic heterocycles. The molecule has 2 unspecified atom stereocenters. The van der Waals surface area contributed by atoms with Crippen molar-refractivity contribution in [3.63, 3.8) is 0 Å². The first kappa shape index (κ1) is 26.5. The topological polar surface area (TPSA) is 119 Å². The van der Waals surface area contributed by atoms with Crippen molar-refractivity contribution in [3.05, 3.63) is 0 Å². The first-order chi connectivity index (χ1) is 14.8. The largest absolute Gasteiger partial charge is 0.396 e. The van der Waals surface area contributed by atoms with Crippen LogP contribution in [0.3, 0.4) is 0 Å². The Balaban J connectivity index is 2.12. The molecule has 182 valence electrons. The smallest absolute Gasteiger partial charge is 0.223 e. The van der Waals surface area contributed by atoms with E-state index in [0.29, 0.717) is 25.2 Å². The van der Waals surface area contributed by atoms with Gasteiger partial charge < -0.3 is 26.4 Å². The molecule has 0 spiro atoms. The Morgan fingerprint density at radius 2 is 2.03 bits per heavy atom. The Morgan fingerprint density at radius 1 is 1.29 bits per heavy atom. The lowest BCUT2D eigenvalue weighted by molar-refractivity contribution is -0.127. The summed E-state index contributed by atoms with van der Waals surface area (Å²) in [5.41, 5.74) is 5.58. The summed E-state index contributed by atoms with van der Waals surface area (Å²) in [6.07, 6.45) is 5.89. The molecule has 0 aliphatic carbocycles. The number of carbonyl (C=O) groups is 1. The molecule has 0 saturated carbocycles. The molecule has 6 N–H and O–H groups in total. The van der Waals surface area contributed by atoms with Gasteiger partial charge in [0.05, 0.1) is 18.1 Å². The van der Waals surface area contributed by atoms with Gasteiger partial charge in [0.1, 0.15) is 0 Å². The molecular weight excluding hydrogens is 394 g/mol. The number of rotatable bonds is 14. The molecule has 7 nitrogen and oxygen atoms in total. The van der Waals surface area contributed by atoms with Gasteiger partial charge in [-0.1, -0.05) is 27.2 Å². The van der Waals surface area contributed by atoms with Gasteiger partial charge in [0, 0.05) is 24.1 Å². The number of likely N-dealkylation sites (tertiary alicyclic amines) is 1. The van der Waals surface area contributed by atoms with Crippen LogP contribution in [0.25, 0.3) is 0 Å². The minimum Gasteiger partial charge on any atom is -0.396 e. The van der Waals surface area contributed by atoms with Crippen molar-refractivity contribution in [2.45, 2.75) is 102 Å². The molecule has 0 aromatic heterocycles. The van der Waals surface area contributed by atoms with Crippen molar-refractivity contribution < 1.29 is 20.1 Å². The van der Waals surface area contributed by atoms with Gasteiger partial charge in [-0.2, -0.15) is 0 Å². The van der Waals surface area contributed by atoms with Gasteiger partial charge in [-0.05, 0) is 76.9 Å². The minimum absolute atomic E-state index is 0.141. The van der Waals surface area contributed by atoms with Gasteiger partial charge in [-0.25, -0.2) is 0 Å². The van der Waals surface area contributed by atoms with Crippen molar-refractivity contribution in [1.29, 1.82) is 0 Å². The Bertz CT molecular complexity index is 539.